The number of nitrogens with two attached hydrogens (primary N) is 2. The van der Waals surface area contributed by atoms with Gasteiger partial charge < -0.3 is 5.73 Å². The fourth-order valence-electron chi connectivity index (χ4n) is 1.05. The molecule has 0 atom stereocenters. The van der Waals surface area contributed by atoms with Gasteiger partial charge in [-0.05, 0) is 6.07 Å². The van der Waals surface area contributed by atoms with E-state index in [4.69, 9.17) is 11.1 Å². The van der Waals surface area contributed by atoms with Crippen molar-refractivity contribution in [2.75, 3.05) is 0 Å². The first kappa shape index (κ1) is 13.7. The second kappa shape index (κ2) is 4.99. The number of para-hydroxylation sites is 1. The molecule has 84 valence electrons. The number of hydrogen-bond donors (Lipinski definition) is 3. The van der Waals surface area contributed by atoms with E-state index in [2.05, 4.69) is 0 Å². The van der Waals surface area contributed by atoms with Crippen molar-refractivity contribution in [3.8, 4) is 0 Å². The highest BCUT2D eigenvalue weighted by atomic mass is 35.5. The number of rotatable bonds is 1. The molecule has 0 heterocycles. The third-order valence-corrected chi connectivity index (χ3v) is 1.58. The molecule has 15 heavy (non-hydrogen) atoms. The van der Waals surface area contributed by atoms with Gasteiger partial charge in [0.25, 0.3) is 5.96 Å². The number of hydrogen-bond acceptors (Lipinski definition) is 1. The van der Waals surface area contributed by atoms with Crippen LogP contribution in [0.25, 0.3) is 0 Å². The molecule has 0 aliphatic rings. The fourth-order valence-corrected chi connectivity index (χ4v) is 1.05. The van der Waals surface area contributed by atoms with Crippen molar-refractivity contribution >= 4 is 24.1 Å². The molecule has 1 aromatic rings. The first-order chi connectivity index (χ1) is 6.41. The molecule has 0 bridgehead atoms. The molecule has 0 aliphatic carbocycles. The van der Waals surface area contributed by atoms with Gasteiger partial charge >= 0.3 is 6.18 Å². The number of halogens is 4. The van der Waals surface area contributed by atoms with Crippen molar-refractivity contribution < 1.29 is 18.5 Å². The fraction of sp³-hybridized carbons (Fsp3) is 0.125. The molecule has 1 aromatic carbocycles. The Kier molecular flexibility index (Phi) is 4.57. The SMILES string of the molecule is Cl.N=C(N)[NH2+]c1ccccc1C(F)(F)F. The van der Waals surface area contributed by atoms with Gasteiger partial charge in [0.05, 0.1) is 0 Å². The second-order valence-corrected chi connectivity index (χ2v) is 2.68. The summed E-state index contributed by atoms with van der Waals surface area (Å²) in [6.45, 7) is 0. The van der Waals surface area contributed by atoms with Gasteiger partial charge in [-0.3, -0.25) is 0 Å². The van der Waals surface area contributed by atoms with Gasteiger partial charge in [0.2, 0.25) is 0 Å². The molecule has 0 spiro atoms. The third kappa shape index (κ3) is 3.77. The monoisotopic (exact) mass is 240 g/mol. The number of guanidine groups is 1. The van der Waals surface area contributed by atoms with Crippen molar-refractivity contribution in [2.24, 2.45) is 5.73 Å². The Hall–Kier alpha value is -1.27. The second-order valence-electron chi connectivity index (χ2n) is 2.68. The zero-order chi connectivity index (χ0) is 10.8. The van der Waals surface area contributed by atoms with Crippen molar-refractivity contribution in [2.45, 2.75) is 6.18 Å². The topological polar surface area (TPSA) is 66.5 Å². The Bertz CT molecular complexity index is 351. The predicted molar refractivity (Wildman–Crippen MR) is 52.2 cm³/mol. The number of benzene rings is 1. The van der Waals surface area contributed by atoms with Crippen LogP contribution in [0.3, 0.4) is 0 Å². The molecule has 0 aromatic heterocycles. The molecule has 0 unspecified atom stereocenters. The van der Waals surface area contributed by atoms with Crippen LogP contribution in [-0.2, 0) is 6.18 Å². The van der Waals surface area contributed by atoms with E-state index in [9.17, 15) is 13.2 Å². The van der Waals surface area contributed by atoms with Gasteiger partial charge in [0, 0.05) is 6.07 Å². The lowest BCUT2D eigenvalue weighted by Gasteiger charge is -2.08. The van der Waals surface area contributed by atoms with E-state index in [0.29, 0.717) is 0 Å². The third-order valence-electron chi connectivity index (χ3n) is 1.58. The summed E-state index contributed by atoms with van der Waals surface area (Å²) in [6.07, 6.45) is -4.41. The van der Waals surface area contributed by atoms with Crippen molar-refractivity contribution in [1.29, 1.82) is 5.41 Å². The Morgan fingerprint density at radius 3 is 2.27 bits per heavy atom. The van der Waals surface area contributed by atoms with Crippen LogP contribution in [0.15, 0.2) is 24.3 Å². The van der Waals surface area contributed by atoms with E-state index in [1.165, 1.54) is 18.2 Å². The highest BCUT2D eigenvalue weighted by Crippen LogP contribution is 2.32. The van der Waals surface area contributed by atoms with Crippen molar-refractivity contribution in [3.63, 3.8) is 0 Å². The summed E-state index contributed by atoms with van der Waals surface area (Å²) in [5.74, 6) is -0.401. The maximum absolute atomic E-state index is 12.4. The Morgan fingerprint density at radius 1 is 1.27 bits per heavy atom. The van der Waals surface area contributed by atoms with E-state index in [0.717, 1.165) is 11.4 Å². The molecule has 0 saturated heterocycles. The molecular formula is C8H10ClF3N3+. The standard InChI is InChI=1S/C8H8F3N3.ClH/c9-8(10,11)5-3-1-2-4-6(5)14-7(12)13;/h1-4H,(H4,12,13,14);1H/p+1. The van der Waals surface area contributed by atoms with E-state index in [-0.39, 0.29) is 18.1 Å². The molecule has 5 N–H and O–H groups in total. The van der Waals surface area contributed by atoms with E-state index < -0.39 is 17.7 Å². The minimum atomic E-state index is -4.41. The lowest BCUT2D eigenvalue weighted by atomic mass is 10.1. The molecule has 3 nitrogen and oxygen atoms in total. The average Bonchev–Trinajstić information content (AvgIpc) is 2.01. The van der Waals surface area contributed by atoms with Crippen LogP contribution in [0.4, 0.5) is 18.9 Å². The van der Waals surface area contributed by atoms with Gasteiger partial charge in [-0.2, -0.15) is 13.2 Å². The first-order valence-electron chi connectivity index (χ1n) is 3.76. The van der Waals surface area contributed by atoms with Gasteiger partial charge in [0.1, 0.15) is 11.3 Å². The van der Waals surface area contributed by atoms with Crippen LogP contribution in [0, 0.1) is 5.41 Å². The van der Waals surface area contributed by atoms with Crippen LogP contribution >= 0.6 is 12.4 Å². The molecule has 0 radical (unpaired) electrons. The number of quaternary nitrogens is 1. The van der Waals surface area contributed by atoms with Crippen LogP contribution < -0.4 is 11.1 Å². The van der Waals surface area contributed by atoms with Crippen LogP contribution in [-0.4, -0.2) is 5.96 Å². The summed E-state index contributed by atoms with van der Waals surface area (Å²) >= 11 is 0. The minimum Gasteiger partial charge on any atom is -0.338 e. The van der Waals surface area contributed by atoms with Gasteiger partial charge in [0.15, 0.2) is 0 Å². The minimum absolute atomic E-state index is 0. The van der Waals surface area contributed by atoms with Crippen molar-refractivity contribution in [1.82, 2.24) is 0 Å². The predicted octanol–water partition coefficient (Wildman–Crippen LogP) is 1.22. The Balaban J connectivity index is 0.00000196. The van der Waals surface area contributed by atoms with Crippen molar-refractivity contribution in [3.05, 3.63) is 29.8 Å². The molecule has 0 amide bonds. The Labute approximate surface area is 90.4 Å². The summed E-state index contributed by atoms with van der Waals surface area (Å²) in [4.78, 5) is 0. The summed E-state index contributed by atoms with van der Waals surface area (Å²) in [5.41, 5.74) is 4.12. The summed E-state index contributed by atoms with van der Waals surface area (Å²) < 4.78 is 37.1. The van der Waals surface area contributed by atoms with Crippen LogP contribution in [0.2, 0.25) is 0 Å². The maximum atomic E-state index is 12.4. The molecular weight excluding hydrogens is 231 g/mol. The lowest BCUT2D eigenvalue weighted by Crippen LogP contribution is -2.85. The van der Waals surface area contributed by atoms with Gasteiger partial charge in [-0.25, -0.2) is 10.7 Å². The van der Waals surface area contributed by atoms with Crippen LogP contribution in [0.1, 0.15) is 5.56 Å². The molecule has 1 rings (SSSR count). The molecule has 0 fully saturated rings. The zero-order valence-electron chi connectivity index (χ0n) is 7.51. The quantitative estimate of drug-likeness (QED) is 0.386. The lowest BCUT2D eigenvalue weighted by molar-refractivity contribution is -0.449. The Morgan fingerprint density at radius 2 is 1.80 bits per heavy atom. The zero-order valence-corrected chi connectivity index (χ0v) is 8.32. The molecule has 0 aliphatic heterocycles. The van der Waals surface area contributed by atoms with E-state index in [1.807, 2.05) is 0 Å². The van der Waals surface area contributed by atoms with Crippen LogP contribution in [0.5, 0.6) is 0 Å². The number of alkyl halides is 3. The summed E-state index contributed by atoms with van der Waals surface area (Å²) in [6, 6.07) is 4.98. The van der Waals surface area contributed by atoms with E-state index in [1.54, 1.807) is 0 Å². The largest absolute Gasteiger partial charge is 0.422 e. The van der Waals surface area contributed by atoms with E-state index >= 15 is 0 Å². The summed E-state index contributed by atoms with van der Waals surface area (Å²) in [5, 5.41) is 7.86. The maximum Gasteiger partial charge on any atom is 0.422 e. The van der Waals surface area contributed by atoms with Gasteiger partial charge in [-0.1, -0.05) is 12.1 Å². The molecule has 0 saturated carbocycles. The smallest absolute Gasteiger partial charge is 0.338 e. The highest BCUT2D eigenvalue weighted by molar-refractivity contribution is 5.85. The normalized spacial score (nSPS) is 10.6. The highest BCUT2D eigenvalue weighted by Gasteiger charge is 2.35. The number of nitrogens with one attached hydrogen (secondary N) is 1. The summed E-state index contributed by atoms with van der Waals surface area (Å²) in [7, 11) is 0. The average molecular weight is 241 g/mol. The van der Waals surface area contributed by atoms with Gasteiger partial charge in [-0.15, -0.1) is 12.4 Å². The molecule has 7 heteroatoms. The first-order valence-corrected chi connectivity index (χ1v) is 3.76.